The highest BCUT2D eigenvalue weighted by Crippen LogP contribution is 2.12. The highest BCUT2D eigenvalue weighted by Gasteiger charge is 2.03. The van der Waals surface area contributed by atoms with Crippen LogP contribution in [0.3, 0.4) is 0 Å². The van der Waals surface area contributed by atoms with Crippen LogP contribution < -0.4 is 5.73 Å². The van der Waals surface area contributed by atoms with Gasteiger partial charge in [-0.2, -0.15) is 0 Å². The molecule has 0 bridgehead atoms. The van der Waals surface area contributed by atoms with E-state index >= 15 is 0 Å². The Balaban J connectivity index is 2.41. The summed E-state index contributed by atoms with van der Waals surface area (Å²) < 4.78 is 0. The SMILES string of the molecule is CCCN(C)Cc1nnc(N)s1. The molecule has 0 spiro atoms. The first-order chi connectivity index (χ1) is 5.72. The van der Waals surface area contributed by atoms with Gasteiger partial charge in [-0.3, -0.25) is 4.90 Å². The number of aromatic nitrogens is 2. The summed E-state index contributed by atoms with van der Waals surface area (Å²) in [5.41, 5.74) is 5.45. The molecule has 0 fully saturated rings. The molecule has 0 aliphatic rings. The fourth-order valence-electron chi connectivity index (χ4n) is 1.02. The van der Waals surface area contributed by atoms with E-state index in [1.165, 1.54) is 11.3 Å². The maximum atomic E-state index is 5.45. The van der Waals surface area contributed by atoms with Crippen molar-refractivity contribution in [3.05, 3.63) is 5.01 Å². The average molecular weight is 186 g/mol. The maximum Gasteiger partial charge on any atom is 0.203 e. The Labute approximate surface area is 76.4 Å². The van der Waals surface area contributed by atoms with E-state index in [1.54, 1.807) is 0 Å². The molecule has 0 saturated heterocycles. The molecule has 1 aromatic rings. The molecule has 1 heterocycles. The number of nitrogens with two attached hydrogens (primary N) is 1. The summed E-state index contributed by atoms with van der Waals surface area (Å²) in [6, 6.07) is 0. The minimum absolute atomic E-state index is 0.551. The van der Waals surface area contributed by atoms with Gasteiger partial charge in [-0.15, -0.1) is 10.2 Å². The van der Waals surface area contributed by atoms with E-state index in [-0.39, 0.29) is 0 Å². The third kappa shape index (κ3) is 2.75. The molecule has 0 aliphatic carbocycles. The van der Waals surface area contributed by atoms with Gasteiger partial charge in [-0.25, -0.2) is 0 Å². The minimum Gasteiger partial charge on any atom is -0.374 e. The van der Waals surface area contributed by atoms with E-state index in [1.807, 2.05) is 0 Å². The van der Waals surface area contributed by atoms with Gasteiger partial charge in [0.15, 0.2) is 0 Å². The molecule has 5 heteroatoms. The second kappa shape index (κ2) is 4.37. The lowest BCUT2D eigenvalue weighted by Crippen LogP contribution is -2.18. The van der Waals surface area contributed by atoms with Gasteiger partial charge in [0, 0.05) is 0 Å². The normalized spacial score (nSPS) is 10.9. The van der Waals surface area contributed by atoms with Crippen molar-refractivity contribution >= 4 is 16.5 Å². The van der Waals surface area contributed by atoms with Gasteiger partial charge >= 0.3 is 0 Å². The summed E-state index contributed by atoms with van der Waals surface area (Å²) in [6.45, 7) is 4.09. The molecular weight excluding hydrogens is 172 g/mol. The third-order valence-electron chi connectivity index (χ3n) is 1.49. The van der Waals surface area contributed by atoms with Gasteiger partial charge < -0.3 is 5.73 Å². The highest BCUT2D eigenvalue weighted by atomic mass is 32.1. The number of anilines is 1. The standard InChI is InChI=1S/C7H14N4S/c1-3-4-11(2)5-6-9-10-7(8)12-6/h3-5H2,1-2H3,(H2,8,10). The van der Waals surface area contributed by atoms with E-state index in [0.29, 0.717) is 5.13 Å². The molecule has 0 aromatic carbocycles. The Morgan fingerprint density at radius 2 is 2.25 bits per heavy atom. The molecule has 68 valence electrons. The molecule has 0 aliphatic heterocycles. The molecule has 0 amide bonds. The monoisotopic (exact) mass is 186 g/mol. The van der Waals surface area contributed by atoms with Gasteiger partial charge in [0.1, 0.15) is 5.01 Å². The van der Waals surface area contributed by atoms with Crippen LogP contribution in [-0.2, 0) is 6.54 Å². The van der Waals surface area contributed by atoms with Gasteiger partial charge in [-0.05, 0) is 20.0 Å². The summed E-state index contributed by atoms with van der Waals surface area (Å²) in [7, 11) is 2.07. The summed E-state index contributed by atoms with van der Waals surface area (Å²) in [6.07, 6.45) is 1.16. The first-order valence-corrected chi connectivity index (χ1v) is 4.80. The van der Waals surface area contributed by atoms with Crippen molar-refractivity contribution < 1.29 is 0 Å². The number of hydrogen-bond donors (Lipinski definition) is 1. The summed E-state index contributed by atoms with van der Waals surface area (Å²) in [5.74, 6) is 0. The lowest BCUT2D eigenvalue weighted by Gasteiger charge is -2.12. The average Bonchev–Trinajstić information content (AvgIpc) is 2.36. The summed E-state index contributed by atoms with van der Waals surface area (Å²) in [4.78, 5) is 2.21. The second-order valence-electron chi connectivity index (χ2n) is 2.77. The largest absolute Gasteiger partial charge is 0.374 e. The zero-order valence-electron chi connectivity index (χ0n) is 7.45. The molecular formula is C7H14N4S. The van der Waals surface area contributed by atoms with Gasteiger partial charge in [0.2, 0.25) is 5.13 Å². The van der Waals surface area contributed by atoms with Crippen molar-refractivity contribution in [3.63, 3.8) is 0 Å². The molecule has 1 rings (SSSR count). The van der Waals surface area contributed by atoms with Crippen LogP contribution in [0.2, 0.25) is 0 Å². The van der Waals surface area contributed by atoms with Crippen molar-refractivity contribution in [1.82, 2.24) is 15.1 Å². The molecule has 0 radical (unpaired) electrons. The second-order valence-corrected chi connectivity index (χ2v) is 3.87. The Bertz CT molecular complexity index is 235. The van der Waals surface area contributed by atoms with Gasteiger partial charge in [0.25, 0.3) is 0 Å². The molecule has 0 saturated carbocycles. The lowest BCUT2D eigenvalue weighted by atomic mass is 10.4. The number of hydrogen-bond acceptors (Lipinski definition) is 5. The topological polar surface area (TPSA) is 55.0 Å². The quantitative estimate of drug-likeness (QED) is 0.761. The first-order valence-electron chi connectivity index (χ1n) is 3.98. The van der Waals surface area contributed by atoms with Crippen LogP contribution in [0.4, 0.5) is 5.13 Å². The third-order valence-corrected chi connectivity index (χ3v) is 2.23. The van der Waals surface area contributed by atoms with Crippen molar-refractivity contribution in [1.29, 1.82) is 0 Å². The molecule has 2 N–H and O–H groups in total. The van der Waals surface area contributed by atoms with Crippen LogP contribution >= 0.6 is 11.3 Å². The number of rotatable bonds is 4. The summed E-state index contributed by atoms with van der Waals surface area (Å²) in [5, 5.41) is 9.23. The number of nitrogen functional groups attached to an aromatic ring is 1. The lowest BCUT2D eigenvalue weighted by molar-refractivity contribution is 0.326. The fraction of sp³-hybridized carbons (Fsp3) is 0.714. The Morgan fingerprint density at radius 1 is 1.50 bits per heavy atom. The van der Waals surface area contributed by atoms with Crippen LogP contribution in [0.15, 0.2) is 0 Å². The predicted octanol–water partition coefficient (Wildman–Crippen LogP) is 0.962. The van der Waals surface area contributed by atoms with Crippen molar-refractivity contribution in [2.24, 2.45) is 0 Å². The van der Waals surface area contributed by atoms with Crippen molar-refractivity contribution in [2.45, 2.75) is 19.9 Å². The van der Waals surface area contributed by atoms with E-state index in [0.717, 1.165) is 24.5 Å². The van der Waals surface area contributed by atoms with Crippen molar-refractivity contribution in [3.8, 4) is 0 Å². The Hall–Kier alpha value is -0.680. The van der Waals surface area contributed by atoms with E-state index in [4.69, 9.17) is 5.73 Å². The smallest absolute Gasteiger partial charge is 0.203 e. The van der Waals surface area contributed by atoms with Crippen LogP contribution in [0.25, 0.3) is 0 Å². The minimum atomic E-state index is 0.551. The van der Waals surface area contributed by atoms with Crippen LogP contribution in [0.1, 0.15) is 18.4 Å². The van der Waals surface area contributed by atoms with Gasteiger partial charge in [-0.1, -0.05) is 18.3 Å². The first kappa shape index (κ1) is 9.41. The molecule has 0 unspecified atom stereocenters. The Kier molecular flexibility index (Phi) is 3.43. The molecule has 1 aromatic heterocycles. The van der Waals surface area contributed by atoms with Crippen molar-refractivity contribution in [2.75, 3.05) is 19.3 Å². The fourth-order valence-corrected chi connectivity index (χ4v) is 1.71. The zero-order chi connectivity index (χ0) is 8.97. The Morgan fingerprint density at radius 3 is 2.75 bits per heavy atom. The molecule has 12 heavy (non-hydrogen) atoms. The van der Waals surface area contributed by atoms with E-state index in [2.05, 4.69) is 29.1 Å². The van der Waals surface area contributed by atoms with E-state index < -0.39 is 0 Å². The molecule has 4 nitrogen and oxygen atoms in total. The maximum absolute atomic E-state index is 5.45. The zero-order valence-corrected chi connectivity index (χ0v) is 8.27. The van der Waals surface area contributed by atoms with Crippen LogP contribution in [0.5, 0.6) is 0 Å². The van der Waals surface area contributed by atoms with Gasteiger partial charge in [0.05, 0.1) is 6.54 Å². The van der Waals surface area contributed by atoms with Crippen LogP contribution in [0, 0.1) is 0 Å². The number of nitrogens with zero attached hydrogens (tertiary/aromatic N) is 3. The predicted molar refractivity (Wildman–Crippen MR) is 50.9 cm³/mol. The highest BCUT2D eigenvalue weighted by molar-refractivity contribution is 7.15. The summed E-state index contributed by atoms with van der Waals surface area (Å²) >= 11 is 1.46. The van der Waals surface area contributed by atoms with Crippen LogP contribution in [-0.4, -0.2) is 28.7 Å². The van der Waals surface area contributed by atoms with E-state index in [9.17, 15) is 0 Å². The molecule has 0 atom stereocenters.